The van der Waals surface area contributed by atoms with Gasteiger partial charge in [0.05, 0.1) is 39.9 Å². The zero-order chi connectivity index (χ0) is 52.7. The van der Waals surface area contributed by atoms with Crippen molar-refractivity contribution in [3.05, 3.63) is 60.8 Å². The summed E-state index contributed by atoms with van der Waals surface area (Å²) in [5.74, 6) is -0.198. The number of likely N-dealkylation sites (N-methyl/N-ethyl adjacent to an activating group) is 1. The van der Waals surface area contributed by atoms with Crippen LogP contribution in [0.25, 0.3) is 0 Å². The minimum atomic E-state index is -4.36. The number of nitrogens with zero attached hydrogens (tertiary/aromatic N) is 1. The number of phosphoric acid groups is 1. The number of rotatable bonds is 56. The van der Waals surface area contributed by atoms with E-state index in [-0.39, 0.29) is 19.1 Å². The zero-order valence-corrected chi connectivity index (χ0v) is 49.1. The molecule has 0 aliphatic heterocycles. The van der Waals surface area contributed by atoms with Crippen LogP contribution in [0.3, 0.4) is 0 Å². The Bertz CT molecular complexity index is 1360. The fraction of sp³-hybridized carbons (Fsp3) is 0.825. The number of carbonyl (C=O) groups is 1. The summed E-state index contributed by atoms with van der Waals surface area (Å²) in [7, 11) is 1.54. The van der Waals surface area contributed by atoms with Crippen molar-refractivity contribution >= 4 is 13.7 Å². The number of hydrogen-bond acceptors (Lipinski definition) is 5. The molecule has 0 saturated carbocycles. The first-order valence-corrected chi connectivity index (χ1v) is 32.2. The Labute approximate surface area is 447 Å². The molecule has 3 atom stereocenters. The Morgan fingerprint density at radius 3 is 1.21 bits per heavy atom. The van der Waals surface area contributed by atoms with E-state index < -0.39 is 20.0 Å². The molecule has 1 amide bonds. The van der Waals surface area contributed by atoms with Gasteiger partial charge in [0.1, 0.15) is 13.2 Å². The summed E-state index contributed by atoms with van der Waals surface area (Å²) in [6.07, 6.45) is 73.5. The van der Waals surface area contributed by atoms with E-state index in [1.807, 2.05) is 27.2 Å². The third-order valence-corrected chi connectivity index (χ3v) is 14.7. The van der Waals surface area contributed by atoms with Gasteiger partial charge >= 0.3 is 7.82 Å². The van der Waals surface area contributed by atoms with Crippen LogP contribution in [0.5, 0.6) is 0 Å². The molecule has 3 N–H and O–H groups in total. The predicted octanol–water partition coefficient (Wildman–Crippen LogP) is 18.9. The molecule has 0 heterocycles. The second-order valence-corrected chi connectivity index (χ2v) is 23.5. The highest BCUT2D eigenvalue weighted by Gasteiger charge is 2.27. The van der Waals surface area contributed by atoms with Crippen molar-refractivity contribution in [3.63, 3.8) is 0 Å². The van der Waals surface area contributed by atoms with Crippen LogP contribution >= 0.6 is 7.82 Å². The van der Waals surface area contributed by atoms with Gasteiger partial charge in [-0.05, 0) is 77.0 Å². The second kappa shape index (κ2) is 54.0. The molecule has 3 unspecified atom stereocenters. The highest BCUT2D eigenvalue weighted by Crippen LogP contribution is 2.43. The number of aliphatic hydroxyl groups excluding tert-OH is 1. The maximum absolute atomic E-state index is 13.0. The van der Waals surface area contributed by atoms with E-state index in [2.05, 4.69) is 67.8 Å². The maximum Gasteiger partial charge on any atom is 0.472 e. The van der Waals surface area contributed by atoms with E-state index >= 15 is 0 Å². The first-order valence-electron chi connectivity index (χ1n) is 30.7. The van der Waals surface area contributed by atoms with Crippen LogP contribution in [0.2, 0.25) is 0 Å². The normalized spacial score (nSPS) is 14.3. The number of allylic oxidation sites excluding steroid dienone is 9. The molecule has 0 fully saturated rings. The molecule has 72 heavy (non-hydrogen) atoms. The van der Waals surface area contributed by atoms with E-state index in [4.69, 9.17) is 9.05 Å². The summed E-state index contributed by atoms with van der Waals surface area (Å²) >= 11 is 0. The van der Waals surface area contributed by atoms with E-state index in [0.717, 1.165) is 64.2 Å². The van der Waals surface area contributed by atoms with Crippen LogP contribution in [0.15, 0.2) is 60.8 Å². The van der Waals surface area contributed by atoms with Crippen molar-refractivity contribution in [1.82, 2.24) is 5.32 Å². The van der Waals surface area contributed by atoms with Crippen LogP contribution < -0.4 is 5.32 Å². The lowest BCUT2D eigenvalue weighted by molar-refractivity contribution is -0.870. The third kappa shape index (κ3) is 55.9. The Morgan fingerprint density at radius 2 is 0.806 bits per heavy atom. The fourth-order valence-corrected chi connectivity index (χ4v) is 9.61. The van der Waals surface area contributed by atoms with Gasteiger partial charge in [-0.25, -0.2) is 4.57 Å². The molecule has 0 aromatic heterocycles. The minimum absolute atomic E-state index is 0.0501. The van der Waals surface area contributed by atoms with Gasteiger partial charge in [0, 0.05) is 6.42 Å². The monoisotopic (exact) mass is 1030 g/mol. The van der Waals surface area contributed by atoms with Gasteiger partial charge in [-0.1, -0.05) is 261 Å². The van der Waals surface area contributed by atoms with Gasteiger partial charge in [0.15, 0.2) is 0 Å². The van der Waals surface area contributed by atoms with Crippen LogP contribution in [-0.4, -0.2) is 73.4 Å². The largest absolute Gasteiger partial charge is 0.472 e. The van der Waals surface area contributed by atoms with E-state index in [9.17, 15) is 19.4 Å². The van der Waals surface area contributed by atoms with Crippen LogP contribution in [0.1, 0.15) is 284 Å². The van der Waals surface area contributed by atoms with Gasteiger partial charge in [0.2, 0.25) is 5.91 Å². The summed E-state index contributed by atoms with van der Waals surface area (Å²) in [6.45, 7) is 4.79. The van der Waals surface area contributed by atoms with Crippen LogP contribution in [0.4, 0.5) is 0 Å². The summed E-state index contributed by atoms with van der Waals surface area (Å²) in [6, 6.07) is -0.877. The summed E-state index contributed by atoms with van der Waals surface area (Å²) in [4.78, 5) is 23.3. The summed E-state index contributed by atoms with van der Waals surface area (Å²) < 4.78 is 23.7. The lowest BCUT2D eigenvalue weighted by Crippen LogP contribution is -2.45. The van der Waals surface area contributed by atoms with Gasteiger partial charge in [0.25, 0.3) is 0 Å². The van der Waals surface area contributed by atoms with Crippen molar-refractivity contribution in [1.29, 1.82) is 0 Å². The van der Waals surface area contributed by atoms with Crippen LogP contribution in [0, 0.1) is 0 Å². The molecule has 0 radical (unpaired) electrons. The highest BCUT2D eigenvalue weighted by molar-refractivity contribution is 7.47. The first-order chi connectivity index (χ1) is 35.0. The molecule has 0 spiro atoms. The van der Waals surface area contributed by atoms with E-state index in [1.165, 1.54) is 199 Å². The summed E-state index contributed by atoms with van der Waals surface area (Å²) in [5, 5.41) is 13.9. The topological polar surface area (TPSA) is 105 Å². The number of hydrogen-bond donors (Lipinski definition) is 3. The molecule has 0 aromatic rings. The third-order valence-electron chi connectivity index (χ3n) is 13.7. The zero-order valence-electron chi connectivity index (χ0n) is 48.2. The quantitative estimate of drug-likeness (QED) is 0.0243. The minimum Gasteiger partial charge on any atom is -0.387 e. The lowest BCUT2D eigenvalue weighted by atomic mass is 10.0. The number of unbranched alkanes of at least 4 members (excludes halogenated alkanes) is 35. The molecular formula is C63H120N2O6P+. The first kappa shape index (κ1) is 70.2. The van der Waals surface area contributed by atoms with Crippen molar-refractivity contribution in [2.75, 3.05) is 40.9 Å². The number of quaternary nitrogens is 1. The molecule has 0 rings (SSSR count). The van der Waals surface area contributed by atoms with E-state index in [0.29, 0.717) is 17.4 Å². The lowest BCUT2D eigenvalue weighted by Gasteiger charge is -2.25. The van der Waals surface area contributed by atoms with Crippen LogP contribution in [-0.2, 0) is 18.4 Å². The Morgan fingerprint density at radius 1 is 0.472 bits per heavy atom. The number of carbonyl (C=O) groups excluding carboxylic acids is 1. The fourth-order valence-electron chi connectivity index (χ4n) is 8.87. The molecule has 0 saturated heterocycles. The van der Waals surface area contributed by atoms with Gasteiger partial charge in [-0.2, -0.15) is 0 Å². The van der Waals surface area contributed by atoms with Crippen molar-refractivity contribution in [2.24, 2.45) is 0 Å². The Hall–Kier alpha value is -1.80. The van der Waals surface area contributed by atoms with Gasteiger partial charge in [-0.3, -0.25) is 13.8 Å². The number of aliphatic hydroxyl groups is 1. The summed E-state index contributed by atoms with van der Waals surface area (Å²) in [5.41, 5.74) is 0. The molecule has 422 valence electrons. The molecule has 0 aliphatic carbocycles. The maximum atomic E-state index is 13.0. The van der Waals surface area contributed by atoms with E-state index in [1.54, 1.807) is 6.08 Å². The molecule has 0 aliphatic rings. The van der Waals surface area contributed by atoms with Crippen molar-refractivity contribution < 1.29 is 32.9 Å². The van der Waals surface area contributed by atoms with Gasteiger partial charge in [-0.15, -0.1) is 0 Å². The van der Waals surface area contributed by atoms with Gasteiger partial charge < -0.3 is 19.8 Å². The average molecular weight is 1030 g/mol. The number of nitrogens with one attached hydrogen (secondary N) is 1. The molecule has 0 bridgehead atoms. The number of amides is 1. The standard InChI is InChI=1S/C63H119N2O6P/c1-6-8-10-12-14-16-18-20-22-24-26-27-28-29-30-31-32-33-34-35-36-37-38-39-40-42-44-46-48-50-52-54-56-62(66)61(60-71-72(68,69)70-59-58-65(3,4)5)64-63(67)57-55-53-51-49-47-45-43-41-25-23-21-19-17-15-13-11-9-7-2/h17,19,23,25,39-40,46,48,54,56,61-62,66H,6-16,18,20-22,24,26-38,41-45,47,49-53,55,57-60H2,1-5H3,(H-,64,67,68,69)/p+1/b19-17-,25-23-,40-39+,48-46+,56-54+. The van der Waals surface area contributed by atoms with Crippen molar-refractivity contribution in [2.45, 2.75) is 296 Å². The Kier molecular flexibility index (Phi) is 52.7. The molecule has 0 aromatic carbocycles. The SMILES string of the molecule is CCCCCC/C=C\C/C=C\CCCCCCCCCC(=O)NC(COP(=O)(O)OCC[N+](C)(C)C)C(O)/C=C/CC/C=C/CC/C=C/CCCCCCCCCCCCCCCCCCCCCCCC. The van der Waals surface area contributed by atoms with Crippen molar-refractivity contribution in [3.8, 4) is 0 Å². The number of phosphoric ester groups is 1. The highest BCUT2D eigenvalue weighted by atomic mass is 31.2. The average Bonchev–Trinajstić information content (AvgIpc) is 3.34. The second-order valence-electron chi connectivity index (χ2n) is 22.1. The molecule has 9 heteroatoms. The molecular weight excluding hydrogens is 912 g/mol. The predicted molar refractivity (Wildman–Crippen MR) is 314 cm³/mol. The smallest absolute Gasteiger partial charge is 0.387 e. The Balaban J connectivity index is 4.19. The molecule has 8 nitrogen and oxygen atoms in total.